The van der Waals surface area contributed by atoms with Crippen molar-refractivity contribution in [2.45, 2.75) is 13.8 Å². The van der Waals surface area contributed by atoms with Crippen LogP contribution in [0.2, 0.25) is 0 Å². The van der Waals surface area contributed by atoms with Crippen LogP contribution in [-0.2, 0) is 0 Å². The molecular formula is C25H23NS. The zero-order valence-electron chi connectivity index (χ0n) is 15.7. The van der Waals surface area contributed by atoms with Crippen molar-refractivity contribution in [2.75, 3.05) is 4.90 Å². The number of aryl methyl sites for hydroxylation is 2. The van der Waals surface area contributed by atoms with E-state index in [2.05, 4.69) is 116 Å². The lowest BCUT2D eigenvalue weighted by molar-refractivity contribution is 1.10. The first-order chi connectivity index (χ1) is 13.2. The zero-order chi connectivity index (χ0) is 18.6. The van der Waals surface area contributed by atoms with Crippen LogP contribution in [0.25, 0.3) is 0 Å². The van der Waals surface area contributed by atoms with Gasteiger partial charge in [0.1, 0.15) is 0 Å². The minimum absolute atomic E-state index is 0.546. The summed E-state index contributed by atoms with van der Waals surface area (Å²) in [7, 11) is 0. The fourth-order valence-corrected chi connectivity index (χ4v) is 3.98. The zero-order valence-corrected chi connectivity index (χ0v) is 16.5. The molecule has 0 aliphatic heterocycles. The third-order valence-corrected chi connectivity index (χ3v) is 5.52. The van der Waals surface area contributed by atoms with Crippen molar-refractivity contribution in [3.8, 4) is 0 Å². The van der Waals surface area contributed by atoms with Crippen LogP contribution in [-0.4, -0.2) is 0 Å². The van der Waals surface area contributed by atoms with Gasteiger partial charge in [0, 0.05) is 32.7 Å². The molecule has 0 saturated carbocycles. The van der Waals surface area contributed by atoms with E-state index in [-0.39, 0.29) is 0 Å². The molecule has 2 aliphatic carbocycles. The number of benzene rings is 2. The molecule has 0 saturated heterocycles. The molecule has 0 spiro atoms. The molecule has 2 heteroatoms. The molecule has 0 fully saturated rings. The second-order valence-electron chi connectivity index (χ2n) is 6.78. The summed E-state index contributed by atoms with van der Waals surface area (Å²) in [5.74, 6) is 0.546. The van der Waals surface area contributed by atoms with Gasteiger partial charge in [0.25, 0.3) is 0 Å². The van der Waals surface area contributed by atoms with Gasteiger partial charge in [-0.1, -0.05) is 48.6 Å². The molecule has 1 unspecified atom stereocenters. The number of hydrogen-bond acceptors (Lipinski definition) is 2. The largest absolute Gasteiger partial charge is 0.311 e. The Morgan fingerprint density at radius 2 is 1.22 bits per heavy atom. The first kappa shape index (κ1) is 17.6. The Morgan fingerprint density at radius 3 is 1.67 bits per heavy atom. The summed E-state index contributed by atoms with van der Waals surface area (Å²) < 4.78 is 0. The van der Waals surface area contributed by atoms with Crippen molar-refractivity contribution in [1.29, 1.82) is 0 Å². The minimum atomic E-state index is 0.546. The summed E-state index contributed by atoms with van der Waals surface area (Å²) in [5.41, 5.74) is 5.07. The number of rotatable bonds is 3. The van der Waals surface area contributed by atoms with Gasteiger partial charge in [-0.2, -0.15) is 0 Å². The van der Waals surface area contributed by atoms with Gasteiger partial charge in [0.15, 0.2) is 0 Å². The number of fused-ring (bicyclic) bond motifs is 1. The molecule has 5 rings (SSSR count). The number of hydrogen-bond donors (Lipinski definition) is 0. The van der Waals surface area contributed by atoms with Crippen LogP contribution in [0.5, 0.6) is 0 Å². The third kappa shape index (κ3) is 4.29. The summed E-state index contributed by atoms with van der Waals surface area (Å²) in [6.07, 6.45) is 9.04. The van der Waals surface area contributed by atoms with E-state index in [1.54, 1.807) is 0 Å². The smallest absolute Gasteiger partial charge is 0.0461 e. The van der Waals surface area contributed by atoms with Crippen LogP contribution in [0.4, 0.5) is 11.4 Å². The number of allylic oxidation sites excluding steroid dienone is 5. The molecule has 134 valence electrons. The summed E-state index contributed by atoms with van der Waals surface area (Å²) in [4.78, 5) is 5.11. The van der Waals surface area contributed by atoms with Gasteiger partial charge in [-0.25, -0.2) is 0 Å². The Kier molecular flexibility index (Phi) is 5.08. The second kappa shape index (κ2) is 7.81. The molecule has 1 atom stereocenters. The van der Waals surface area contributed by atoms with Crippen LogP contribution in [0.1, 0.15) is 9.75 Å². The molecule has 1 heterocycles. The van der Waals surface area contributed by atoms with Gasteiger partial charge in [0.2, 0.25) is 0 Å². The van der Waals surface area contributed by atoms with Crippen molar-refractivity contribution < 1.29 is 0 Å². The quantitative estimate of drug-likeness (QED) is 0.472. The maximum atomic E-state index is 2.33. The maximum Gasteiger partial charge on any atom is 0.0461 e. The summed E-state index contributed by atoms with van der Waals surface area (Å²) >= 11 is 1.84. The lowest BCUT2D eigenvalue weighted by Crippen LogP contribution is -2.16. The maximum absolute atomic E-state index is 2.33. The highest BCUT2D eigenvalue weighted by molar-refractivity contribution is 7.11. The Balaban J connectivity index is 0.000000218. The van der Waals surface area contributed by atoms with E-state index in [9.17, 15) is 0 Å². The van der Waals surface area contributed by atoms with Crippen LogP contribution < -0.4 is 4.90 Å². The molecule has 0 bridgehead atoms. The molecule has 2 aliphatic rings. The molecule has 1 nitrogen and oxygen atoms in total. The first-order valence-corrected chi connectivity index (χ1v) is 10.1. The first-order valence-electron chi connectivity index (χ1n) is 9.25. The normalized spacial score (nSPS) is 16.4. The molecule has 27 heavy (non-hydrogen) atoms. The molecule has 1 aromatic heterocycles. The predicted octanol–water partition coefficient (Wildman–Crippen LogP) is 7.20. The number of anilines is 2. The van der Waals surface area contributed by atoms with E-state index in [0.29, 0.717) is 5.92 Å². The second-order valence-corrected chi connectivity index (χ2v) is 8.27. The lowest BCUT2D eigenvalue weighted by Gasteiger charge is -2.27. The topological polar surface area (TPSA) is 3.24 Å². The van der Waals surface area contributed by atoms with Gasteiger partial charge < -0.3 is 4.90 Å². The van der Waals surface area contributed by atoms with E-state index in [4.69, 9.17) is 0 Å². The number of nitrogens with zero attached hydrogens (tertiary/aromatic N) is 1. The average molecular weight is 370 g/mol. The summed E-state index contributed by atoms with van der Waals surface area (Å²) in [5, 5.41) is 0. The predicted molar refractivity (Wildman–Crippen MR) is 118 cm³/mol. The van der Waals surface area contributed by atoms with E-state index >= 15 is 0 Å². The van der Waals surface area contributed by atoms with Crippen molar-refractivity contribution in [2.24, 2.45) is 5.92 Å². The van der Waals surface area contributed by atoms with Crippen LogP contribution >= 0.6 is 11.3 Å². The van der Waals surface area contributed by atoms with Crippen molar-refractivity contribution in [3.63, 3.8) is 0 Å². The van der Waals surface area contributed by atoms with Crippen LogP contribution in [0.15, 0.2) is 108 Å². The SMILES string of the molecule is C1=CC(N(c2ccccc2)c2ccccc2)=CC2C=C12.Cc1ccc(C)s1. The molecular weight excluding hydrogens is 346 g/mol. The Hall–Kier alpha value is -2.84. The average Bonchev–Trinajstić information content (AvgIpc) is 3.38. The van der Waals surface area contributed by atoms with E-state index in [1.807, 2.05) is 11.3 Å². The highest BCUT2D eigenvalue weighted by Crippen LogP contribution is 2.40. The van der Waals surface area contributed by atoms with Gasteiger partial charge >= 0.3 is 0 Å². The summed E-state index contributed by atoms with van der Waals surface area (Å²) in [6, 6.07) is 25.3. The van der Waals surface area contributed by atoms with E-state index in [0.717, 1.165) is 0 Å². The van der Waals surface area contributed by atoms with Crippen LogP contribution in [0, 0.1) is 19.8 Å². The fraction of sp³-hybridized carbons (Fsp3) is 0.120. The van der Waals surface area contributed by atoms with Crippen molar-refractivity contribution >= 4 is 22.7 Å². The highest BCUT2D eigenvalue weighted by Gasteiger charge is 2.25. The van der Waals surface area contributed by atoms with Gasteiger partial charge in [-0.3, -0.25) is 0 Å². The lowest BCUT2D eigenvalue weighted by atomic mass is 10.1. The van der Waals surface area contributed by atoms with Crippen LogP contribution in [0.3, 0.4) is 0 Å². The Morgan fingerprint density at radius 1 is 0.667 bits per heavy atom. The molecule has 2 aromatic carbocycles. The van der Waals surface area contributed by atoms with Gasteiger partial charge in [-0.05, 0) is 68.0 Å². The molecule has 3 aromatic rings. The minimum Gasteiger partial charge on any atom is -0.311 e. The van der Waals surface area contributed by atoms with Gasteiger partial charge in [0.05, 0.1) is 0 Å². The van der Waals surface area contributed by atoms with E-state index in [1.165, 1.54) is 32.4 Å². The number of thiophene rings is 1. The molecule has 0 N–H and O–H groups in total. The number of para-hydroxylation sites is 2. The third-order valence-electron chi connectivity index (χ3n) is 4.61. The summed E-state index contributed by atoms with van der Waals surface area (Å²) in [6.45, 7) is 4.25. The Bertz CT molecular complexity index is 937. The highest BCUT2D eigenvalue weighted by atomic mass is 32.1. The molecule has 0 amide bonds. The fourth-order valence-electron chi connectivity index (χ4n) is 3.20. The Labute approximate surface area is 165 Å². The molecule has 0 radical (unpaired) electrons. The van der Waals surface area contributed by atoms with Crippen molar-refractivity contribution in [3.05, 3.63) is 118 Å². The monoisotopic (exact) mass is 369 g/mol. The standard InChI is InChI=1S/C19H15N.C6H8S/c1-3-7-17(8-4-1)20(18-9-5-2-6-10-18)19-12-11-15-13-16(15)14-19;1-5-3-4-6(2)7-5/h1-14,16H;3-4H,1-2H3. The van der Waals surface area contributed by atoms with Gasteiger partial charge in [-0.15, -0.1) is 11.3 Å². The van der Waals surface area contributed by atoms with E-state index < -0.39 is 0 Å². The van der Waals surface area contributed by atoms with Crippen molar-refractivity contribution in [1.82, 2.24) is 0 Å².